The van der Waals surface area contributed by atoms with Gasteiger partial charge in [-0.3, -0.25) is 0 Å². The normalized spacial score (nSPS) is 10.8. The quantitative estimate of drug-likeness (QED) is 0.739. The Morgan fingerprint density at radius 2 is 1.84 bits per heavy atom. The van der Waals surface area contributed by atoms with E-state index in [-0.39, 0.29) is 0 Å². The van der Waals surface area contributed by atoms with Gasteiger partial charge in [-0.15, -0.1) is 0 Å². The molecule has 1 N–H and O–H groups in total. The fraction of sp³-hybridized carbons (Fsp3) is 0.625. The van der Waals surface area contributed by atoms with Crippen LogP contribution >= 0.6 is 0 Å². The number of benzene rings is 1. The second-order valence-corrected chi connectivity index (χ2v) is 4.76. The van der Waals surface area contributed by atoms with Crippen molar-refractivity contribution >= 4 is 0 Å². The van der Waals surface area contributed by atoms with Crippen molar-refractivity contribution in [3.05, 3.63) is 23.8 Å². The summed E-state index contributed by atoms with van der Waals surface area (Å²) in [5.41, 5.74) is 1.22. The SMILES string of the molecule is CCNCc1ccc(OC)c(OCC(CC)CC)c1. The lowest BCUT2D eigenvalue weighted by atomic mass is 10.1. The van der Waals surface area contributed by atoms with Gasteiger partial charge in [-0.25, -0.2) is 0 Å². The van der Waals surface area contributed by atoms with E-state index in [0.29, 0.717) is 5.92 Å². The lowest BCUT2D eigenvalue weighted by Gasteiger charge is -2.16. The maximum absolute atomic E-state index is 5.94. The molecule has 0 unspecified atom stereocenters. The fourth-order valence-electron chi connectivity index (χ4n) is 1.95. The molecule has 0 aromatic heterocycles. The van der Waals surface area contributed by atoms with E-state index < -0.39 is 0 Å². The molecule has 0 fully saturated rings. The number of ether oxygens (including phenoxy) is 2. The second-order valence-electron chi connectivity index (χ2n) is 4.76. The van der Waals surface area contributed by atoms with Gasteiger partial charge in [-0.05, 0) is 30.2 Å². The standard InChI is InChI=1S/C16H27NO2/c1-5-13(6-2)12-19-16-10-14(11-17-7-3)8-9-15(16)18-4/h8-10,13,17H,5-7,11-12H2,1-4H3. The summed E-state index contributed by atoms with van der Waals surface area (Å²) in [6.45, 7) is 9.10. The highest BCUT2D eigenvalue weighted by Crippen LogP contribution is 2.29. The van der Waals surface area contributed by atoms with Gasteiger partial charge >= 0.3 is 0 Å². The zero-order valence-corrected chi connectivity index (χ0v) is 12.7. The Bertz CT molecular complexity index is 362. The Morgan fingerprint density at radius 1 is 1.11 bits per heavy atom. The topological polar surface area (TPSA) is 30.5 Å². The van der Waals surface area contributed by atoms with Gasteiger partial charge in [-0.1, -0.05) is 39.7 Å². The van der Waals surface area contributed by atoms with Gasteiger partial charge in [-0.2, -0.15) is 0 Å². The van der Waals surface area contributed by atoms with Crippen LogP contribution in [0.2, 0.25) is 0 Å². The van der Waals surface area contributed by atoms with Crippen molar-refractivity contribution in [2.75, 3.05) is 20.3 Å². The Morgan fingerprint density at radius 3 is 2.42 bits per heavy atom. The maximum atomic E-state index is 5.94. The predicted molar refractivity (Wildman–Crippen MR) is 79.9 cm³/mol. The third kappa shape index (κ3) is 5.11. The summed E-state index contributed by atoms with van der Waals surface area (Å²) in [6.07, 6.45) is 2.30. The van der Waals surface area contributed by atoms with E-state index in [1.807, 2.05) is 6.07 Å². The highest BCUT2D eigenvalue weighted by molar-refractivity contribution is 5.42. The largest absolute Gasteiger partial charge is 0.493 e. The van der Waals surface area contributed by atoms with Crippen LogP contribution in [0.1, 0.15) is 39.2 Å². The van der Waals surface area contributed by atoms with Crippen molar-refractivity contribution in [2.45, 2.75) is 40.2 Å². The minimum atomic E-state index is 0.613. The average molecular weight is 265 g/mol. The molecule has 1 aromatic rings. The molecule has 0 saturated heterocycles. The Kier molecular flexibility index (Phi) is 7.34. The summed E-state index contributed by atoms with van der Waals surface area (Å²) >= 11 is 0. The molecule has 0 radical (unpaired) electrons. The van der Waals surface area contributed by atoms with Gasteiger partial charge in [0, 0.05) is 6.54 Å². The van der Waals surface area contributed by atoms with E-state index in [9.17, 15) is 0 Å². The minimum Gasteiger partial charge on any atom is -0.493 e. The molecule has 0 aliphatic carbocycles. The van der Waals surface area contributed by atoms with Crippen molar-refractivity contribution in [1.29, 1.82) is 0 Å². The third-order valence-electron chi connectivity index (χ3n) is 3.44. The number of nitrogens with one attached hydrogen (secondary N) is 1. The molecule has 19 heavy (non-hydrogen) atoms. The molecule has 108 valence electrons. The van der Waals surface area contributed by atoms with Crippen LogP contribution < -0.4 is 14.8 Å². The summed E-state index contributed by atoms with van der Waals surface area (Å²) in [7, 11) is 1.68. The molecule has 3 heteroatoms. The molecular weight excluding hydrogens is 238 g/mol. The number of methoxy groups -OCH3 is 1. The van der Waals surface area contributed by atoms with Crippen LogP contribution in [0.5, 0.6) is 11.5 Å². The predicted octanol–water partition coefficient (Wildman–Crippen LogP) is 3.62. The van der Waals surface area contributed by atoms with Gasteiger partial charge in [0.2, 0.25) is 0 Å². The van der Waals surface area contributed by atoms with Crippen LogP contribution in [0.15, 0.2) is 18.2 Å². The second kappa shape index (κ2) is 8.81. The third-order valence-corrected chi connectivity index (χ3v) is 3.44. The minimum absolute atomic E-state index is 0.613. The molecule has 0 spiro atoms. The highest BCUT2D eigenvalue weighted by atomic mass is 16.5. The van der Waals surface area contributed by atoms with E-state index in [0.717, 1.165) is 44.0 Å². The first kappa shape index (κ1) is 15.8. The van der Waals surface area contributed by atoms with Gasteiger partial charge in [0.25, 0.3) is 0 Å². The van der Waals surface area contributed by atoms with Crippen LogP contribution in [0, 0.1) is 5.92 Å². The summed E-state index contributed by atoms with van der Waals surface area (Å²) in [4.78, 5) is 0. The first-order chi connectivity index (χ1) is 9.24. The van der Waals surface area contributed by atoms with Crippen molar-refractivity contribution in [3.63, 3.8) is 0 Å². The summed E-state index contributed by atoms with van der Waals surface area (Å²) < 4.78 is 11.3. The zero-order chi connectivity index (χ0) is 14.1. The summed E-state index contributed by atoms with van der Waals surface area (Å²) in [6, 6.07) is 6.13. The van der Waals surface area contributed by atoms with Gasteiger partial charge in [0.15, 0.2) is 11.5 Å². The highest BCUT2D eigenvalue weighted by Gasteiger charge is 2.09. The Labute approximate surface area is 117 Å². The fourth-order valence-corrected chi connectivity index (χ4v) is 1.95. The van der Waals surface area contributed by atoms with Gasteiger partial charge in [0.1, 0.15) is 0 Å². The Balaban J connectivity index is 2.72. The van der Waals surface area contributed by atoms with Crippen molar-refractivity contribution in [1.82, 2.24) is 5.32 Å². The summed E-state index contributed by atoms with van der Waals surface area (Å²) in [5, 5.41) is 3.32. The first-order valence-corrected chi connectivity index (χ1v) is 7.25. The smallest absolute Gasteiger partial charge is 0.161 e. The molecule has 0 atom stereocenters. The molecule has 0 saturated carbocycles. The molecule has 0 bridgehead atoms. The van der Waals surface area contributed by atoms with E-state index in [1.54, 1.807) is 7.11 Å². The zero-order valence-electron chi connectivity index (χ0n) is 12.7. The molecule has 1 aromatic carbocycles. The first-order valence-electron chi connectivity index (χ1n) is 7.25. The molecule has 0 amide bonds. The Hall–Kier alpha value is -1.22. The summed E-state index contributed by atoms with van der Waals surface area (Å²) in [5.74, 6) is 2.28. The van der Waals surface area contributed by atoms with Crippen LogP contribution in [0.4, 0.5) is 0 Å². The van der Waals surface area contributed by atoms with E-state index in [4.69, 9.17) is 9.47 Å². The van der Waals surface area contributed by atoms with Crippen molar-refractivity contribution in [2.24, 2.45) is 5.92 Å². The van der Waals surface area contributed by atoms with Crippen LogP contribution in [0.3, 0.4) is 0 Å². The van der Waals surface area contributed by atoms with E-state index >= 15 is 0 Å². The average Bonchev–Trinajstić information content (AvgIpc) is 2.46. The van der Waals surface area contributed by atoms with E-state index in [1.165, 1.54) is 5.56 Å². The maximum Gasteiger partial charge on any atom is 0.161 e. The molecule has 3 nitrogen and oxygen atoms in total. The number of hydrogen-bond donors (Lipinski definition) is 1. The van der Waals surface area contributed by atoms with Gasteiger partial charge in [0.05, 0.1) is 13.7 Å². The molecule has 0 aliphatic rings. The monoisotopic (exact) mass is 265 g/mol. The lowest BCUT2D eigenvalue weighted by molar-refractivity contribution is 0.230. The molecular formula is C16H27NO2. The molecule has 0 aliphatic heterocycles. The van der Waals surface area contributed by atoms with Crippen LogP contribution in [0.25, 0.3) is 0 Å². The number of rotatable bonds is 9. The molecule has 1 rings (SSSR count). The van der Waals surface area contributed by atoms with E-state index in [2.05, 4.69) is 38.2 Å². The van der Waals surface area contributed by atoms with Crippen LogP contribution in [-0.2, 0) is 6.54 Å². The van der Waals surface area contributed by atoms with Gasteiger partial charge < -0.3 is 14.8 Å². The van der Waals surface area contributed by atoms with Crippen LogP contribution in [-0.4, -0.2) is 20.3 Å². The van der Waals surface area contributed by atoms with Crippen molar-refractivity contribution in [3.8, 4) is 11.5 Å². The lowest BCUT2D eigenvalue weighted by Crippen LogP contribution is -2.13. The number of hydrogen-bond acceptors (Lipinski definition) is 3. The van der Waals surface area contributed by atoms with Crippen molar-refractivity contribution < 1.29 is 9.47 Å². The molecule has 0 heterocycles.